The number of ether oxygens (including phenoxy) is 2. The molecule has 378 valence electrons. The van der Waals surface area contributed by atoms with Gasteiger partial charge >= 0.3 is 0 Å². The van der Waals surface area contributed by atoms with Crippen molar-refractivity contribution in [3.05, 3.63) is 82.4 Å². The molecule has 3 aromatic rings. The highest BCUT2D eigenvalue weighted by Gasteiger charge is 2.43. The van der Waals surface area contributed by atoms with Crippen LogP contribution in [0.25, 0.3) is 11.1 Å². The van der Waals surface area contributed by atoms with Gasteiger partial charge in [0.15, 0.2) is 0 Å². The molecule has 1 aliphatic carbocycles. The molecular weight excluding hydrogens is 904 g/mol. The maximum absolute atomic E-state index is 6.43. The van der Waals surface area contributed by atoms with E-state index in [1.807, 2.05) is 12.1 Å². The monoisotopic (exact) mass is 1000 g/mol. The summed E-state index contributed by atoms with van der Waals surface area (Å²) >= 11 is 10.7. The second-order valence-electron chi connectivity index (χ2n) is 20.7. The fourth-order valence-corrected chi connectivity index (χ4v) is 11.5. The van der Waals surface area contributed by atoms with Crippen LogP contribution in [0, 0.1) is 0 Å². The molecule has 3 aromatic carbocycles. The Balaban J connectivity index is 1.06. The van der Waals surface area contributed by atoms with Crippen LogP contribution in [0.4, 0.5) is 0 Å². The zero-order valence-corrected chi connectivity index (χ0v) is 45.9. The number of benzene rings is 3. The van der Waals surface area contributed by atoms with Gasteiger partial charge < -0.3 is 9.47 Å². The normalized spacial score (nSPS) is 12.7. The lowest BCUT2D eigenvalue weighted by atomic mass is 9.89. The van der Waals surface area contributed by atoms with Crippen LogP contribution < -0.4 is 9.47 Å². The Bertz CT molecular complexity index is 1540. The maximum atomic E-state index is 6.43. The van der Waals surface area contributed by atoms with Crippen molar-refractivity contribution in [2.24, 2.45) is 0 Å². The predicted molar refractivity (Wildman–Crippen MR) is 299 cm³/mol. The van der Waals surface area contributed by atoms with E-state index >= 15 is 0 Å². The van der Waals surface area contributed by atoms with Crippen molar-refractivity contribution in [1.29, 1.82) is 0 Å². The molecule has 1 aliphatic rings. The second kappa shape index (κ2) is 37.8. The lowest BCUT2D eigenvalue weighted by molar-refractivity contribution is 0.304. The Morgan fingerprint density at radius 2 is 0.597 bits per heavy atom. The summed E-state index contributed by atoms with van der Waals surface area (Å²) in [5.41, 5.74) is 6.09. The Morgan fingerprint density at radius 1 is 0.343 bits per heavy atom. The summed E-state index contributed by atoms with van der Waals surface area (Å²) in [5.74, 6) is 1.89. The van der Waals surface area contributed by atoms with E-state index in [1.165, 1.54) is 266 Å². The fourth-order valence-electron chi connectivity index (χ4n) is 10.5. The first-order valence-corrected chi connectivity index (χ1v) is 30.2. The zero-order valence-electron chi connectivity index (χ0n) is 43.5. The average molecular weight is 1000 g/mol. The molecule has 4 heteroatoms. The van der Waals surface area contributed by atoms with Gasteiger partial charge in [-0.3, -0.25) is 0 Å². The number of fused-ring (bicyclic) bond motifs is 3. The smallest absolute Gasteiger partial charge is 0.119 e. The van der Waals surface area contributed by atoms with Crippen molar-refractivity contribution in [3.8, 4) is 22.6 Å². The van der Waals surface area contributed by atoms with Gasteiger partial charge in [-0.2, -0.15) is 0 Å². The first kappa shape index (κ1) is 57.6. The van der Waals surface area contributed by atoms with E-state index in [-0.39, 0.29) is 0 Å². The average Bonchev–Trinajstić information content (AvgIpc) is 3.59. The summed E-state index contributed by atoms with van der Waals surface area (Å²) < 4.78 is 12.3. The Labute approximate surface area is 427 Å². The lowest BCUT2D eigenvalue weighted by Gasteiger charge is -2.27. The summed E-state index contributed by atoms with van der Waals surface area (Å²) in [6.45, 7) is 6.13. The summed E-state index contributed by atoms with van der Waals surface area (Å²) in [4.78, 5) is 0. The van der Waals surface area contributed by atoms with Crippen molar-refractivity contribution in [3.63, 3.8) is 0 Å². The highest BCUT2D eigenvalue weighted by atomic mass is 79.9. The van der Waals surface area contributed by atoms with Gasteiger partial charge in [0, 0.05) is 5.02 Å². The molecule has 0 radical (unpaired) electrons. The third kappa shape index (κ3) is 23.7. The van der Waals surface area contributed by atoms with Gasteiger partial charge in [-0.1, -0.05) is 310 Å². The van der Waals surface area contributed by atoms with E-state index < -0.39 is 4.32 Å². The number of hydrogen-bond donors (Lipinski definition) is 0. The van der Waals surface area contributed by atoms with Gasteiger partial charge in [-0.15, -0.1) is 0 Å². The number of unbranched alkanes of at least 4 members (excludes halogenated alkanes) is 38. The lowest BCUT2D eigenvalue weighted by Crippen LogP contribution is -2.18. The van der Waals surface area contributed by atoms with Crippen molar-refractivity contribution in [2.45, 2.75) is 275 Å². The van der Waals surface area contributed by atoms with Gasteiger partial charge in [-0.25, -0.2) is 0 Å². The second-order valence-corrected chi connectivity index (χ2v) is 22.3. The zero-order chi connectivity index (χ0) is 47.3. The molecule has 0 saturated carbocycles. The van der Waals surface area contributed by atoms with Gasteiger partial charge in [0.2, 0.25) is 0 Å². The van der Waals surface area contributed by atoms with E-state index in [2.05, 4.69) is 78.3 Å². The molecule has 67 heavy (non-hydrogen) atoms. The Kier molecular flexibility index (Phi) is 32.5. The summed E-state index contributed by atoms with van der Waals surface area (Å²) in [6.07, 6.45) is 55.9. The molecule has 0 spiro atoms. The standard InChI is InChI=1S/C63H100BrClO2/c1-3-5-7-9-11-13-15-17-19-21-23-25-27-29-31-33-35-37-39-41-51-66-57-47-49-59-60-50-48-58(54-62(60)63(64,61(59)53-57)55-43-45-56(65)46-44-55)67-52-42-40-38-36-34-32-30-28-26-24-22-20-18-16-14-12-10-8-6-4-2/h43-50,53-54H,3-42,51-52H2,1-2H3. The molecule has 0 aliphatic heterocycles. The number of alkyl halides is 1. The van der Waals surface area contributed by atoms with Crippen LogP contribution in [0.5, 0.6) is 11.5 Å². The predicted octanol–water partition coefficient (Wildman–Crippen LogP) is 22.4. The number of hydrogen-bond acceptors (Lipinski definition) is 2. The van der Waals surface area contributed by atoms with E-state index in [9.17, 15) is 0 Å². The molecule has 0 fully saturated rings. The molecule has 0 N–H and O–H groups in total. The van der Waals surface area contributed by atoms with Crippen LogP contribution in [0.15, 0.2) is 60.7 Å². The molecule has 0 aromatic heterocycles. The van der Waals surface area contributed by atoms with Gasteiger partial charge in [0.1, 0.15) is 15.8 Å². The van der Waals surface area contributed by atoms with Crippen molar-refractivity contribution in [1.82, 2.24) is 0 Å². The van der Waals surface area contributed by atoms with Crippen LogP contribution in [0.1, 0.15) is 287 Å². The summed E-state index contributed by atoms with van der Waals surface area (Å²) in [7, 11) is 0. The van der Waals surface area contributed by atoms with E-state index in [0.29, 0.717) is 0 Å². The molecule has 4 rings (SSSR count). The SMILES string of the molecule is CCCCCCCCCCCCCCCCCCCCCCOc1ccc2c(c1)C(Br)(c1ccc(Cl)cc1)c1cc(OCCCCCCCCCCCCCCCCCCCCCC)ccc1-2. The number of rotatable bonds is 45. The van der Waals surface area contributed by atoms with E-state index in [4.69, 9.17) is 21.1 Å². The van der Waals surface area contributed by atoms with Crippen LogP contribution in [0.3, 0.4) is 0 Å². The molecule has 0 atom stereocenters. The van der Waals surface area contributed by atoms with Crippen LogP contribution in [0.2, 0.25) is 5.02 Å². The summed E-state index contributed by atoms with van der Waals surface area (Å²) in [5, 5.41) is 0.747. The molecule has 2 nitrogen and oxygen atoms in total. The Morgan fingerprint density at radius 3 is 0.866 bits per heavy atom. The van der Waals surface area contributed by atoms with Gasteiger partial charge in [0.25, 0.3) is 0 Å². The van der Waals surface area contributed by atoms with E-state index in [0.717, 1.165) is 48.1 Å². The molecule has 0 unspecified atom stereocenters. The molecule has 0 heterocycles. The highest BCUT2D eigenvalue weighted by Crippen LogP contribution is 2.57. The molecule has 0 saturated heterocycles. The Hall–Kier alpha value is -1.97. The quantitative estimate of drug-likeness (QED) is 0.0415. The minimum absolute atomic E-state index is 0.513. The van der Waals surface area contributed by atoms with Crippen LogP contribution >= 0.6 is 27.5 Å². The van der Waals surface area contributed by atoms with Crippen molar-refractivity contribution in [2.75, 3.05) is 13.2 Å². The van der Waals surface area contributed by atoms with Gasteiger partial charge in [-0.05, 0) is 77.1 Å². The topological polar surface area (TPSA) is 18.5 Å². The third-order valence-corrected chi connectivity index (χ3v) is 16.4. The first-order chi connectivity index (χ1) is 33.1. The molecule has 0 amide bonds. The van der Waals surface area contributed by atoms with Crippen LogP contribution in [-0.4, -0.2) is 13.2 Å². The molecule has 0 bridgehead atoms. The van der Waals surface area contributed by atoms with Gasteiger partial charge in [0.05, 0.1) is 13.2 Å². The third-order valence-electron chi connectivity index (χ3n) is 14.8. The highest BCUT2D eigenvalue weighted by molar-refractivity contribution is 9.10. The fraction of sp³-hybridized carbons (Fsp3) is 0.714. The minimum atomic E-state index is -0.513. The maximum Gasteiger partial charge on any atom is 0.119 e. The van der Waals surface area contributed by atoms with Crippen molar-refractivity contribution < 1.29 is 9.47 Å². The first-order valence-electron chi connectivity index (χ1n) is 29.1. The molecular formula is C63H100BrClO2. The minimum Gasteiger partial charge on any atom is -0.494 e. The largest absolute Gasteiger partial charge is 0.494 e. The summed E-state index contributed by atoms with van der Waals surface area (Å²) in [6, 6.07) is 21.6. The number of halogens is 2. The van der Waals surface area contributed by atoms with Crippen molar-refractivity contribution >= 4 is 27.5 Å². The van der Waals surface area contributed by atoms with E-state index in [1.54, 1.807) is 0 Å². The van der Waals surface area contributed by atoms with Crippen LogP contribution in [-0.2, 0) is 4.32 Å².